The number of aliphatic carboxylic acids is 1. The summed E-state index contributed by atoms with van der Waals surface area (Å²) in [7, 11) is -2.71. The largest absolute Gasteiger partial charge is 0.480 e. The van der Waals surface area contributed by atoms with Crippen molar-refractivity contribution in [2.75, 3.05) is 18.9 Å². The fraction of sp³-hybridized carbons (Fsp3) is 0.357. The fourth-order valence-electron chi connectivity index (χ4n) is 1.73. The van der Waals surface area contributed by atoms with Gasteiger partial charge in [0.05, 0.1) is 11.4 Å². The van der Waals surface area contributed by atoms with Gasteiger partial charge < -0.3 is 15.7 Å². The Bertz CT molecular complexity index is 729. The molecule has 0 fully saturated rings. The molecule has 0 saturated heterocycles. The number of anilines is 1. The number of carboxylic acid groups (broad SMARTS) is 1. The van der Waals surface area contributed by atoms with Gasteiger partial charge in [-0.05, 0) is 31.2 Å². The van der Waals surface area contributed by atoms with Crippen LogP contribution in [0.5, 0.6) is 0 Å². The maximum absolute atomic E-state index is 12.4. The summed E-state index contributed by atoms with van der Waals surface area (Å²) in [6.07, 6.45) is 0. The van der Waals surface area contributed by atoms with Gasteiger partial charge in [0.15, 0.2) is 0 Å². The molecule has 3 N–H and O–H groups in total. The van der Waals surface area contributed by atoms with Crippen molar-refractivity contribution in [3.8, 4) is 0 Å². The number of rotatable bonds is 7. The maximum Gasteiger partial charge on any atom is 0.325 e. The molecule has 0 radical (unpaired) electrons. The van der Waals surface area contributed by atoms with E-state index in [2.05, 4.69) is 10.6 Å². The van der Waals surface area contributed by atoms with E-state index in [1.807, 2.05) is 0 Å². The zero-order valence-corrected chi connectivity index (χ0v) is 14.3. The number of carbonyl (C=O) groups is 3. The van der Waals surface area contributed by atoms with Gasteiger partial charge in [-0.15, -0.1) is 0 Å². The Hall–Kier alpha value is -2.46. The lowest BCUT2D eigenvalue weighted by Crippen LogP contribution is -2.44. The molecule has 0 heterocycles. The number of benzene rings is 1. The third-order valence-electron chi connectivity index (χ3n) is 3.00. The van der Waals surface area contributed by atoms with E-state index in [0.717, 1.165) is 4.31 Å². The molecule has 0 aliphatic heterocycles. The molecule has 0 aliphatic carbocycles. The first-order valence-corrected chi connectivity index (χ1v) is 8.34. The number of nitrogens with one attached hydrogen (secondary N) is 2. The number of likely N-dealkylation sites (N-methyl/N-ethyl adjacent to an activating group) is 1. The molecule has 2 amide bonds. The standard InChI is InChI=1S/C14H19N3O6S/c1-9(14(20)21)15-13(19)8-17(3)24(22,23)12-6-4-11(5-7-12)16-10(2)18/h4-7,9H,8H2,1-3H3,(H,15,19)(H,16,18)(H,20,21). The normalized spacial score (nSPS) is 12.5. The predicted molar refractivity (Wildman–Crippen MR) is 85.8 cm³/mol. The lowest BCUT2D eigenvalue weighted by Gasteiger charge is -2.18. The van der Waals surface area contributed by atoms with E-state index in [9.17, 15) is 22.8 Å². The number of hydrogen-bond donors (Lipinski definition) is 3. The van der Waals surface area contributed by atoms with Gasteiger partial charge >= 0.3 is 5.97 Å². The molecule has 24 heavy (non-hydrogen) atoms. The summed E-state index contributed by atoms with van der Waals surface area (Å²) < 4.78 is 25.5. The van der Waals surface area contributed by atoms with E-state index < -0.39 is 34.5 Å². The molecule has 1 aromatic carbocycles. The second kappa shape index (κ2) is 7.88. The highest BCUT2D eigenvalue weighted by Crippen LogP contribution is 2.17. The maximum atomic E-state index is 12.4. The predicted octanol–water partition coefficient (Wildman–Crippen LogP) is -0.145. The molecule has 0 aromatic heterocycles. The van der Waals surface area contributed by atoms with Crippen molar-refractivity contribution in [2.45, 2.75) is 24.8 Å². The van der Waals surface area contributed by atoms with Gasteiger partial charge in [-0.3, -0.25) is 14.4 Å². The highest BCUT2D eigenvalue weighted by atomic mass is 32.2. The molecular formula is C14H19N3O6S. The first-order valence-electron chi connectivity index (χ1n) is 6.90. The van der Waals surface area contributed by atoms with Gasteiger partial charge in [-0.1, -0.05) is 0 Å². The summed E-state index contributed by atoms with van der Waals surface area (Å²) in [6.45, 7) is 2.08. The van der Waals surface area contributed by atoms with Crippen LogP contribution in [-0.4, -0.2) is 55.2 Å². The minimum atomic E-state index is -3.92. The molecule has 9 nitrogen and oxygen atoms in total. The Morgan fingerprint density at radius 3 is 2.21 bits per heavy atom. The van der Waals surface area contributed by atoms with Crippen LogP contribution in [0.15, 0.2) is 29.2 Å². The van der Waals surface area contributed by atoms with Crippen molar-refractivity contribution in [2.24, 2.45) is 0 Å². The van der Waals surface area contributed by atoms with Crippen LogP contribution >= 0.6 is 0 Å². The van der Waals surface area contributed by atoms with Crippen LogP contribution in [0.1, 0.15) is 13.8 Å². The van der Waals surface area contributed by atoms with Crippen molar-refractivity contribution < 1.29 is 27.9 Å². The van der Waals surface area contributed by atoms with Gasteiger partial charge in [0, 0.05) is 19.7 Å². The van der Waals surface area contributed by atoms with Gasteiger partial charge in [-0.2, -0.15) is 4.31 Å². The van der Waals surface area contributed by atoms with E-state index in [4.69, 9.17) is 5.11 Å². The van der Waals surface area contributed by atoms with Crippen LogP contribution in [-0.2, 0) is 24.4 Å². The quantitative estimate of drug-likeness (QED) is 0.622. The van der Waals surface area contributed by atoms with Gasteiger partial charge in [0.1, 0.15) is 6.04 Å². The molecule has 10 heteroatoms. The molecule has 0 aliphatic rings. The average Bonchev–Trinajstić information content (AvgIpc) is 2.46. The lowest BCUT2D eigenvalue weighted by molar-refractivity contribution is -0.141. The molecule has 0 saturated carbocycles. The van der Waals surface area contributed by atoms with Crippen molar-refractivity contribution in [1.29, 1.82) is 0 Å². The zero-order chi connectivity index (χ0) is 18.5. The second-order valence-corrected chi connectivity index (χ2v) is 7.14. The Morgan fingerprint density at radius 2 is 1.75 bits per heavy atom. The van der Waals surface area contributed by atoms with Crippen molar-refractivity contribution in [3.05, 3.63) is 24.3 Å². The van der Waals surface area contributed by atoms with E-state index in [0.29, 0.717) is 5.69 Å². The van der Waals surface area contributed by atoms with Crippen LogP contribution in [0.3, 0.4) is 0 Å². The summed E-state index contributed by atoms with van der Waals surface area (Å²) in [5.41, 5.74) is 0.442. The molecule has 1 atom stereocenters. The molecule has 1 aromatic rings. The first-order chi connectivity index (χ1) is 11.0. The fourth-order valence-corrected chi connectivity index (χ4v) is 2.86. The number of carbonyl (C=O) groups excluding carboxylic acids is 2. The minimum absolute atomic E-state index is 0.0572. The first kappa shape index (κ1) is 19.6. The summed E-state index contributed by atoms with van der Waals surface area (Å²) in [4.78, 5) is 33.2. The van der Waals surface area contributed by atoms with Crippen LogP contribution in [0.4, 0.5) is 5.69 Å². The number of carboxylic acids is 1. The van der Waals surface area contributed by atoms with Crippen LogP contribution < -0.4 is 10.6 Å². The average molecular weight is 357 g/mol. The number of sulfonamides is 1. The monoisotopic (exact) mass is 357 g/mol. The highest BCUT2D eigenvalue weighted by molar-refractivity contribution is 7.89. The van der Waals surface area contributed by atoms with E-state index in [-0.39, 0.29) is 10.8 Å². The molecule has 132 valence electrons. The summed E-state index contributed by atoms with van der Waals surface area (Å²) in [6, 6.07) is 4.33. The summed E-state index contributed by atoms with van der Waals surface area (Å²) in [5.74, 6) is -2.24. The molecule has 1 rings (SSSR count). The molecular weight excluding hydrogens is 338 g/mol. The SMILES string of the molecule is CC(=O)Nc1ccc(S(=O)(=O)N(C)CC(=O)NC(C)C(=O)O)cc1. The Kier molecular flexibility index (Phi) is 6.43. The Balaban J connectivity index is 2.81. The molecule has 0 spiro atoms. The highest BCUT2D eigenvalue weighted by Gasteiger charge is 2.24. The van der Waals surface area contributed by atoms with Gasteiger partial charge in [0.25, 0.3) is 0 Å². The van der Waals surface area contributed by atoms with E-state index in [1.54, 1.807) is 0 Å². The lowest BCUT2D eigenvalue weighted by atomic mass is 10.3. The Labute approximate surface area is 139 Å². The minimum Gasteiger partial charge on any atom is -0.480 e. The second-order valence-electron chi connectivity index (χ2n) is 5.09. The molecule has 1 unspecified atom stereocenters. The number of nitrogens with zero attached hydrogens (tertiary/aromatic N) is 1. The number of hydrogen-bond acceptors (Lipinski definition) is 5. The van der Waals surface area contributed by atoms with Crippen LogP contribution in [0, 0.1) is 0 Å². The van der Waals surface area contributed by atoms with Gasteiger partial charge in [0.2, 0.25) is 21.8 Å². The third kappa shape index (κ3) is 5.32. The third-order valence-corrected chi connectivity index (χ3v) is 4.81. The smallest absolute Gasteiger partial charge is 0.325 e. The topological polar surface area (TPSA) is 133 Å². The van der Waals surface area contributed by atoms with E-state index in [1.165, 1.54) is 45.2 Å². The van der Waals surface area contributed by atoms with Gasteiger partial charge in [-0.25, -0.2) is 8.42 Å². The van der Waals surface area contributed by atoms with Crippen LogP contribution in [0.2, 0.25) is 0 Å². The summed E-state index contributed by atoms with van der Waals surface area (Å²) in [5, 5.41) is 13.4. The van der Waals surface area contributed by atoms with E-state index >= 15 is 0 Å². The Morgan fingerprint density at radius 1 is 1.21 bits per heavy atom. The van der Waals surface area contributed by atoms with Crippen molar-refractivity contribution in [3.63, 3.8) is 0 Å². The number of amides is 2. The molecule has 0 bridgehead atoms. The van der Waals surface area contributed by atoms with Crippen molar-refractivity contribution >= 4 is 33.5 Å². The zero-order valence-electron chi connectivity index (χ0n) is 13.4. The van der Waals surface area contributed by atoms with Crippen LogP contribution in [0.25, 0.3) is 0 Å². The summed E-state index contributed by atoms with van der Waals surface area (Å²) >= 11 is 0. The van der Waals surface area contributed by atoms with Crippen molar-refractivity contribution in [1.82, 2.24) is 9.62 Å².